The lowest BCUT2D eigenvalue weighted by Gasteiger charge is -2.06. The SMILES string of the molecule is CNC(=O)c1cc(O)c(C(=O)O)cc1O. The third kappa shape index (κ3) is 1.98. The summed E-state index contributed by atoms with van der Waals surface area (Å²) in [6, 6.07) is 1.72. The number of carboxylic acids is 1. The summed E-state index contributed by atoms with van der Waals surface area (Å²) in [5.74, 6) is -3.06. The fourth-order valence-corrected chi connectivity index (χ4v) is 1.06. The highest BCUT2D eigenvalue weighted by Crippen LogP contribution is 2.27. The van der Waals surface area contributed by atoms with Gasteiger partial charge < -0.3 is 20.6 Å². The molecule has 0 unspecified atom stereocenters. The van der Waals surface area contributed by atoms with Crippen molar-refractivity contribution in [3.05, 3.63) is 23.3 Å². The molecule has 0 spiro atoms. The van der Waals surface area contributed by atoms with Crippen LogP contribution in [0.4, 0.5) is 0 Å². The fraction of sp³-hybridized carbons (Fsp3) is 0.111. The highest BCUT2D eigenvalue weighted by Gasteiger charge is 2.17. The fourth-order valence-electron chi connectivity index (χ4n) is 1.06. The van der Waals surface area contributed by atoms with Crippen molar-refractivity contribution in [2.75, 3.05) is 7.05 Å². The largest absolute Gasteiger partial charge is 0.507 e. The smallest absolute Gasteiger partial charge is 0.339 e. The normalized spacial score (nSPS) is 9.67. The van der Waals surface area contributed by atoms with E-state index in [0.717, 1.165) is 12.1 Å². The number of rotatable bonds is 2. The van der Waals surface area contributed by atoms with E-state index in [4.69, 9.17) is 5.11 Å². The lowest BCUT2D eigenvalue weighted by molar-refractivity contribution is 0.0692. The molecule has 0 radical (unpaired) electrons. The second-order valence-corrected chi connectivity index (χ2v) is 2.77. The van der Waals surface area contributed by atoms with Crippen molar-refractivity contribution in [2.45, 2.75) is 0 Å². The predicted molar refractivity (Wildman–Crippen MR) is 50.1 cm³/mol. The Hall–Kier alpha value is -2.24. The number of aromatic carboxylic acids is 1. The van der Waals surface area contributed by atoms with E-state index in [0.29, 0.717) is 0 Å². The number of carbonyl (C=O) groups is 2. The summed E-state index contributed by atoms with van der Waals surface area (Å²) in [6.07, 6.45) is 0. The standard InChI is InChI=1S/C9H9NO5/c1-10-8(13)4-2-7(12)5(9(14)15)3-6(4)11/h2-3,11-12H,1H3,(H,10,13)(H,14,15). The Balaban J connectivity index is 3.31. The molecule has 0 aliphatic carbocycles. The van der Waals surface area contributed by atoms with Crippen molar-refractivity contribution in [3.8, 4) is 11.5 Å². The van der Waals surface area contributed by atoms with Gasteiger partial charge in [0, 0.05) is 7.05 Å². The molecule has 1 amide bonds. The molecule has 0 aliphatic rings. The number of benzene rings is 1. The first-order valence-corrected chi connectivity index (χ1v) is 3.98. The van der Waals surface area contributed by atoms with Crippen LogP contribution in [-0.4, -0.2) is 34.2 Å². The molecule has 0 saturated carbocycles. The molecule has 0 atom stereocenters. The van der Waals surface area contributed by atoms with Crippen LogP contribution in [0.15, 0.2) is 12.1 Å². The van der Waals surface area contributed by atoms with Crippen LogP contribution in [-0.2, 0) is 0 Å². The van der Waals surface area contributed by atoms with Gasteiger partial charge in [0.15, 0.2) is 0 Å². The summed E-state index contributed by atoms with van der Waals surface area (Å²) < 4.78 is 0. The van der Waals surface area contributed by atoms with Gasteiger partial charge in [-0.05, 0) is 12.1 Å². The Morgan fingerprint density at radius 1 is 1.13 bits per heavy atom. The molecule has 1 aromatic rings. The maximum Gasteiger partial charge on any atom is 0.339 e. The molecule has 1 rings (SSSR count). The van der Waals surface area contributed by atoms with Gasteiger partial charge in [-0.3, -0.25) is 4.79 Å². The molecule has 15 heavy (non-hydrogen) atoms. The molecule has 0 aliphatic heterocycles. The van der Waals surface area contributed by atoms with Gasteiger partial charge in [0.25, 0.3) is 5.91 Å². The molecule has 6 heteroatoms. The number of nitrogens with one attached hydrogen (secondary N) is 1. The average Bonchev–Trinajstić information content (AvgIpc) is 2.19. The number of amides is 1. The van der Waals surface area contributed by atoms with Gasteiger partial charge in [0.2, 0.25) is 0 Å². The lowest BCUT2D eigenvalue weighted by atomic mass is 10.1. The minimum atomic E-state index is -1.38. The number of hydrogen-bond donors (Lipinski definition) is 4. The Kier molecular flexibility index (Phi) is 2.80. The summed E-state index contributed by atoms with van der Waals surface area (Å²) in [5, 5.41) is 29.4. The van der Waals surface area contributed by atoms with Crippen molar-refractivity contribution >= 4 is 11.9 Å². The molecule has 80 valence electrons. The third-order valence-corrected chi connectivity index (χ3v) is 1.82. The van der Waals surface area contributed by atoms with Crippen LogP contribution >= 0.6 is 0 Å². The Morgan fingerprint density at radius 3 is 2.07 bits per heavy atom. The highest BCUT2D eigenvalue weighted by atomic mass is 16.4. The van der Waals surface area contributed by atoms with Gasteiger partial charge in [0.05, 0.1) is 5.56 Å². The minimum absolute atomic E-state index is 0.181. The molecule has 0 fully saturated rings. The topological polar surface area (TPSA) is 107 Å². The molecule has 0 bridgehead atoms. The van der Waals surface area contributed by atoms with Crippen molar-refractivity contribution < 1.29 is 24.9 Å². The van der Waals surface area contributed by atoms with Crippen LogP contribution < -0.4 is 5.32 Å². The van der Waals surface area contributed by atoms with Crippen LogP contribution in [0.25, 0.3) is 0 Å². The maximum atomic E-state index is 11.1. The number of carbonyl (C=O) groups excluding carboxylic acids is 1. The first-order chi connectivity index (χ1) is 6.97. The van der Waals surface area contributed by atoms with Crippen LogP contribution in [0, 0.1) is 0 Å². The van der Waals surface area contributed by atoms with Gasteiger partial charge in [-0.25, -0.2) is 4.79 Å². The molecule has 6 nitrogen and oxygen atoms in total. The Bertz CT molecular complexity index is 427. The zero-order valence-corrected chi connectivity index (χ0v) is 7.81. The van der Waals surface area contributed by atoms with E-state index >= 15 is 0 Å². The zero-order chi connectivity index (χ0) is 11.6. The van der Waals surface area contributed by atoms with Crippen molar-refractivity contribution in [3.63, 3.8) is 0 Å². The first-order valence-electron chi connectivity index (χ1n) is 3.98. The molecule has 0 heterocycles. The van der Waals surface area contributed by atoms with E-state index in [9.17, 15) is 19.8 Å². The van der Waals surface area contributed by atoms with Crippen molar-refractivity contribution in [2.24, 2.45) is 0 Å². The van der Waals surface area contributed by atoms with Crippen molar-refractivity contribution in [1.82, 2.24) is 5.32 Å². The third-order valence-electron chi connectivity index (χ3n) is 1.82. The molecule has 4 N–H and O–H groups in total. The first kappa shape index (κ1) is 10.8. The van der Waals surface area contributed by atoms with E-state index in [2.05, 4.69) is 5.32 Å². The summed E-state index contributed by atoms with van der Waals surface area (Å²) in [4.78, 5) is 21.7. The number of hydrogen-bond acceptors (Lipinski definition) is 4. The quantitative estimate of drug-likeness (QED) is 0.521. The lowest BCUT2D eigenvalue weighted by Crippen LogP contribution is -2.18. The van der Waals surface area contributed by atoms with E-state index in [1.165, 1.54) is 7.05 Å². The van der Waals surface area contributed by atoms with Gasteiger partial charge in [-0.15, -0.1) is 0 Å². The zero-order valence-electron chi connectivity index (χ0n) is 7.81. The maximum absolute atomic E-state index is 11.1. The van der Waals surface area contributed by atoms with E-state index in [-0.39, 0.29) is 5.56 Å². The second kappa shape index (κ2) is 3.87. The minimum Gasteiger partial charge on any atom is -0.507 e. The summed E-state index contributed by atoms with van der Waals surface area (Å²) in [7, 11) is 1.35. The molecule has 0 aromatic heterocycles. The van der Waals surface area contributed by atoms with Crippen LogP contribution in [0.2, 0.25) is 0 Å². The Labute approximate surface area is 84.8 Å². The number of carboxylic acid groups (broad SMARTS) is 1. The van der Waals surface area contributed by atoms with Crippen LogP contribution in [0.5, 0.6) is 11.5 Å². The van der Waals surface area contributed by atoms with Crippen LogP contribution in [0.3, 0.4) is 0 Å². The van der Waals surface area contributed by atoms with Gasteiger partial charge in [0.1, 0.15) is 17.1 Å². The highest BCUT2D eigenvalue weighted by molar-refractivity contribution is 6.00. The van der Waals surface area contributed by atoms with E-state index in [1.54, 1.807) is 0 Å². The summed E-state index contributed by atoms with van der Waals surface area (Å²) in [6.45, 7) is 0. The van der Waals surface area contributed by atoms with E-state index < -0.39 is 28.9 Å². The summed E-state index contributed by atoms with van der Waals surface area (Å²) in [5.41, 5.74) is -0.639. The predicted octanol–water partition coefficient (Wildman–Crippen LogP) is 0.156. The monoisotopic (exact) mass is 211 g/mol. The van der Waals surface area contributed by atoms with Crippen LogP contribution in [0.1, 0.15) is 20.7 Å². The van der Waals surface area contributed by atoms with Gasteiger partial charge >= 0.3 is 5.97 Å². The molecular formula is C9H9NO5. The molecule has 0 saturated heterocycles. The second-order valence-electron chi connectivity index (χ2n) is 2.77. The number of phenols is 2. The number of aromatic hydroxyl groups is 2. The van der Waals surface area contributed by atoms with Gasteiger partial charge in [-0.1, -0.05) is 0 Å². The molecule has 1 aromatic carbocycles. The average molecular weight is 211 g/mol. The molecular weight excluding hydrogens is 202 g/mol. The van der Waals surface area contributed by atoms with Crippen molar-refractivity contribution in [1.29, 1.82) is 0 Å². The number of phenolic OH excluding ortho intramolecular Hbond substituents is 1. The summed E-state index contributed by atoms with van der Waals surface area (Å²) >= 11 is 0. The Morgan fingerprint density at radius 2 is 1.60 bits per heavy atom. The van der Waals surface area contributed by atoms with Gasteiger partial charge in [-0.2, -0.15) is 0 Å². The van der Waals surface area contributed by atoms with E-state index in [1.807, 2.05) is 0 Å².